The van der Waals surface area contributed by atoms with Crippen LogP contribution in [0.4, 0.5) is 5.69 Å². The molecule has 0 aliphatic carbocycles. The van der Waals surface area contributed by atoms with Gasteiger partial charge in [-0.1, -0.05) is 11.2 Å². The number of aryl methyl sites for hydroxylation is 1. The third kappa shape index (κ3) is 1.71. The van der Waals surface area contributed by atoms with Crippen LogP contribution in [0, 0.1) is 6.92 Å². The molecular formula is C11H10N6O. The summed E-state index contributed by atoms with van der Waals surface area (Å²) in [5.74, 6) is 0.789. The van der Waals surface area contributed by atoms with Gasteiger partial charge in [-0.2, -0.15) is 20.4 Å². The highest BCUT2D eigenvalue weighted by Crippen LogP contribution is 2.23. The third-order valence-corrected chi connectivity index (χ3v) is 2.60. The summed E-state index contributed by atoms with van der Waals surface area (Å²) in [4.78, 5) is 4.24. The summed E-state index contributed by atoms with van der Waals surface area (Å²) < 4.78 is 5.17. The van der Waals surface area contributed by atoms with E-state index in [1.165, 1.54) is 6.20 Å². The SMILES string of the molecule is Cc1ccc(-c2nc(-c3cn[nH]n3)no2)cc1N. The Labute approximate surface area is 102 Å². The van der Waals surface area contributed by atoms with Crippen LogP contribution >= 0.6 is 0 Å². The predicted molar refractivity (Wildman–Crippen MR) is 64.3 cm³/mol. The molecular weight excluding hydrogens is 232 g/mol. The molecule has 0 fully saturated rings. The van der Waals surface area contributed by atoms with Crippen LogP contribution in [0.3, 0.4) is 0 Å². The van der Waals surface area contributed by atoms with Crippen LogP contribution in [0.2, 0.25) is 0 Å². The number of nitrogens with two attached hydrogens (primary N) is 1. The molecule has 0 aliphatic heterocycles. The second-order valence-electron chi connectivity index (χ2n) is 3.85. The molecule has 1 aromatic carbocycles. The van der Waals surface area contributed by atoms with Gasteiger partial charge >= 0.3 is 0 Å². The number of nitrogens with zero attached hydrogens (tertiary/aromatic N) is 4. The van der Waals surface area contributed by atoms with Crippen molar-refractivity contribution in [1.82, 2.24) is 25.6 Å². The van der Waals surface area contributed by atoms with Crippen molar-refractivity contribution in [2.24, 2.45) is 0 Å². The first-order chi connectivity index (χ1) is 8.74. The van der Waals surface area contributed by atoms with Gasteiger partial charge in [0.15, 0.2) is 5.69 Å². The van der Waals surface area contributed by atoms with Crippen LogP contribution in [-0.2, 0) is 0 Å². The summed E-state index contributed by atoms with van der Waals surface area (Å²) in [5.41, 5.74) is 8.85. The summed E-state index contributed by atoms with van der Waals surface area (Å²) in [6.07, 6.45) is 1.53. The number of hydrogen-bond donors (Lipinski definition) is 2. The fourth-order valence-corrected chi connectivity index (χ4v) is 1.53. The predicted octanol–water partition coefficient (Wildman–Crippen LogP) is 1.41. The first kappa shape index (κ1) is 10.5. The first-order valence-corrected chi connectivity index (χ1v) is 5.30. The molecule has 7 nitrogen and oxygen atoms in total. The Bertz CT molecular complexity index is 673. The number of aromatic nitrogens is 5. The number of H-pyrrole nitrogens is 1. The zero-order chi connectivity index (χ0) is 12.5. The average molecular weight is 242 g/mol. The molecule has 3 rings (SSSR count). The van der Waals surface area contributed by atoms with Crippen molar-refractivity contribution in [3.05, 3.63) is 30.0 Å². The van der Waals surface area contributed by atoms with E-state index in [0.29, 0.717) is 23.1 Å². The second-order valence-corrected chi connectivity index (χ2v) is 3.85. The molecule has 0 saturated heterocycles. The van der Waals surface area contributed by atoms with E-state index in [1.54, 1.807) is 6.07 Å². The van der Waals surface area contributed by atoms with E-state index in [2.05, 4.69) is 25.6 Å². The minimum absolute atomic E-state index is 0.387. The van der Waals surface area contributed by atoms with Gasteiger partial charge in [0.1, 0.15) is 0 Å². The average Bonchev–Trinajstić information content (AvgIpc) is 3.01. The summed E-state index contributed by atoms with van der Waals surface area (Å²) in [6, 6.07) is 5.59. The van der Waals surface area contributed by atoms with Crippen molar-refractivity contribution < 1.29 is 4.52 Å². The van der Waals surface area contributed by atoms with E-state index in [-0.39, 0.29) is 0 Å². The monoisotopic (exact) mass is 242 g/mol. The Hall–Kier alpha value is -2.70. The van der Waals surface area contributed by atoms with Gasteiger partial charge in [-0.3, -0.25) is 0 Å². The highest BCUT2D eigenvalue weighted by molar-refractivity contribution is 5.63. The highest BCUT2D eigenvalue weighted by Gasteiger charge is 2.12. The van der Waals surface area contributed by atoms with Gasteiger partial charge in [0.05, 0.1) is 6.20 Å². The number of nitrogen functional groups attached to an aromatic ring is 1. The van der Waals surface area contributed by atoms with Gasteiger partial charge in [-0.05, 0) is 24.6 Å². The molecule has 0 radical (unpaired) electrons. The van der Waals surface area contributed by atoms with Crippen LogP contribution in [0.1, 0.15) is 5.56 Å². The molecule has 0 bridgehead atoms. The van der Waals surface area contributed by atoms with Gasteiger partial charge in [-0.25, -0.2) is 0 Å². The minimum Gasteiger partial charge on any atom is -0.398 e. The Kier molecular flexibility index (Phi) is 2.30. The number of hydrogen-bond acceptors (Lipinski definition) is 6. The third-order valence-electron chi connectivity index (χ3n) is 2.60. The van der Waals surface area contributed by atoms with Crippen molar-refractivity contribution in [3.8, 4) is 23.0 Å². The molecule has 3 N–H and O–H groups in total. The summed E-state index contributed by atoms with van der Waals surface area (Å²) in [5, 5.41) is 13.9. The van der Waals surface area contributed by atoms with Crippen LogP contribution < -0.4 is 5.73 Å². The first-order valence-electron chi connectivity index (χ1n) is 5.30. The number of benzene rings is 1. The Morgan fingerprint density at radius 2 is 2.22 bits per heavy atom. The molecule has 0 atom stereocenters. The minimum atomic E-state index is 0.387. The lowest BCUT2D eigenvalue weighted by atomic mass is 10.1. The fourth-order valence-electron chi connectivity index (χ4n) is 1.53. The molecule has 90 valence electrons. The fraction of sp³-hybridized carbons (Fsp3) is 0.0909. The number of aromatic amines is 1. The lowest BCUT2D eigenvalue weighted by Gasteiger charge is -2.00. The van der Waals surface area contributed by atoms with Gasteiger partial charge in [0.2, 0.25) is 5.82 Å². The van der Waals surface area contributed by atoms with Crippen molar-refractivity contribution in [2.75, 3.05) is 5.73 Å². The lowest BCUT2D eigenvalue weighted by molar-refractivity contribution is 0.432. The van der Waals surface area contributed by atoms with E-state index in [1.807, 2.05) is 19.1 Å². The van der Waals surface area contributed by atoms with E-state index in [0.717, 1.165) is 11.1 Å². The van der Waals surface area contributed by atoms with Crippen LogP contribution in [0.15, 0.2) is 28.9 Å². The molecule has 3 aromatic rings. The molecule has 2 heterocycles. The van der Waals surface area contributed by atoms with Gasteiger partial charge < -0.3 is 10.3 Å². The smallest absolute Gasteiger partial charge is 0.258 e. The van der Waals surface area contributed by atoms with Crippen LogP contribution in [0.25, 0.3) is 23.0 Å². The maximum Gasteiger partial charge on any atom is 0.258 e. The number of anilines is 1. The van der Waals surface area contributed by atoms with Gasteiger partial charge in [0, 0.05) is 11.3 Å². The Balaban J connectivity index is 2.00. The maximum atomic E-state index is 5.84. The van der Waals surface area contributed by atoms with E-state index < -0.39 is 0 Å². The van der Waals surface area contributed by atoms with Gasteiger partial charge in [-0.15, -0.1) is 0 Å². The summed E-state index contributed by atoms with van der Waals surface area (Å²) in [7, 11) is 0. The van der Waals surface area contributed by atoms with Crippen molar-refractivity contribution in [3.63, 3.8) is 0 Å². The maximum absolute atomic E-state index is 5.84. The summed E-state index contributed by atoms with van der Waals surface area (Å²) >= 11 is 0. The molecule has 7 heteroatoms. The molecule has 0 spiro atoms. The Morgan fingerprint density at radius 1 is 1.33 bits per heavy atom. The van der Waals surface area contributed by atoms with Crippen molar-refractivity contribution in [2.45, 2.75) is 6.92 Å². The molecule has 2 aromatic heterocycles. The summed E-state index contributed by atoms with van der Waals surface area (Å²) in [6.45, 7) is 1.94. The number of rotatable bonds is 2. The quantitative estimate of drug-likeness (QED) is 0.658. The molecule has 0 aliphatic rings. The standard InChI is InChI=1S/C11H10N6O/c1-6-2-3-7(4-8(6)12)11-14-10(16-18-11)9-5-13-17-15-9/h2-5H,12H2,1H3,(H,13,15,17). The van der Waals surface area contributed by atoms with Crippen LogP contribution in [0.5, 0.6) is 0 Å². The zero-order valence-corrected chi connectivity index (χ0v) is 9.58. The highest BCUT2D eigenvalue weighted by atomic mass is 16.5. The lowest BCUT2D eigenvalue weighted by Crippen LogP contribution is -1.90. The number of nitrogens with one attached hydrogen (secondary N) is 1. The zero-order valence-electron chi connectivity index (χ0n) is 9.58. The van der Waals surface area contributed by atoms with Crippen molar-refractivity contribution >= 4 is 5.69 Å². The molecule has 18 heavy (non-hydrogen) atoms. The van der Waals surface area contributed by atoms with E-state index in [4.69, 9.17) is 10.3 Å². The van der Waals surface area contributed by atoms with Gasteiger partial charge in [0.25, 0.3) is 5.89 Å². The van der Waals surface area contributed by atoms with Crippen LogP contribution in [-0.4, -0.2) is 25.6 Å². The Morgan fingerprint density at radius 3 is 2.94 bits per heavy atom. The normalized spacial score (nSPS) is 10.7. The molecule has 0 unspecified atom stereocenters. The molecule has 0 saturated carbocycles. The topological polar surface area (TPSA) is 107 Å². The molecule has 0 amide bonds. The van der Waals surface area contributed by atoms with E-state index >= 15 is 0 Å². The van der Waals surface area contributed by atoms with Crippen molar-refractivity contribution in [1.29, 1.82) is 0 Å². The van der Waals surface area contributed by atoms with E-state index in [9.17, 15) is 0 Å². The largest absolute Gasteiger partial charge is 0.398 e. The second kappa shape index (κ2) is 3.95.